The van der Waals surface area contributed by atoms with Gasteiger partial charge < -0.3 is 14.8 Å². The van der Waals surface area contributed by atoms with Crippen LogP contribution in [0.2, 0.25) is 0 Å². The lowest BCUT2D eigenvalue weighted by Crippen LogP contribution is -2.57. The van der Waals surface area contributed by atoms with Crippen LogP contribution in [-0.4, -0.2) is 58.1 Å². The Balaban J connectivity index is 1.34. The van der Waals surface area contributed by atoms with Crippen molar-refractivity contribution in [2.45, 2.75) is 32.0 Å². The number of nitrogens with zero attached hydrogens (tertiary/aromatic N) is 4. The maximum absolute atomic E-state index is 13.5. The van der Waals surface area contributed by atoms with Gasteiger partial charge in [0.1, 0.15) is 18.0 Å². The summed E-state index contributed by atoms with van der Waals surface area (Å²) in [6.07, 6.45) is 1.38. The van der Waals surface area contributed by atoms with E-state index in [0.29, 0.717) is 24.6 Å². The lowest BCUT2D eigenvalue weighted by molar-refractivity contribution is -0.136. The second-order valence-electron chi connectivity index (χ2n) is 8.46. The van der Waals surface area contributed by atoms with E-state index >= 15 is 0 Å². The largest absolute Gasteiger partial charge is 0.378 e. The standard InChI is InChI=1S/C23H25F2N5O2/c1-14-3-16(22-9-29(15(2)10-32-22)21-11-31-12-21)5-19(4-14)27-23-26-13-30(28-23)20-7-17(24)6-18(25)8-20/h3-8,13,15,21-22H,9-12H2,1-2H3,(H,27,28). The molecule has 2 aliphatic heterocycles. The Hall–Kier alpha value is -2.88. The maximum atomic E-state index is 13.5. The Morgan fingerprint density at radius 1 is 1.03 bits per heavy atom. The number of nitrogens with one attached hydrogen (secondary N) is 1. The number of ether oxygens (including phenoxy) is 2. The highest BCUT2D eigenvalue weighted by Gasteiger charge is 2.35. The zero-order valence-electron chi connectivity index (χ0n) is 18.0. The average Bonchev–Trinajstić information content (AvgIpc) is 3.15. The fraction of sp³-hybridized carbons (Fsp3) is 0.391. The van der Waals surface area contributed by atoms with Crippen LogP contribution in [0.3, 0.4) is 0 Å². The molecule has 0 spiro atoms. The van der Waals surface area contributed by atoms with Gasteiger partial charge in [0, 0.05) is 24.3 Å². The average molecular weight is 441 g/mol. The molecule has 3 aromatic rings. The highest BCUT2D eigenvalue weighted by Crippen LogP contribution is 2.31. The van der Waals surface area contributed by atoms with Gasteiger partial charge in [-0.3, -0.25) is 4.90 Å². The van der Waals surface area contributed by atoms with Gasteiger partial charge in [0.25, 0.3) is 0 Å². The number of halogens is 2. The third-order valence-corrected chi connectivity index (χ3v) is 5.90. The summed E-state index contributed by atoms with van der Waals surface area (Å²) in [5.41, 5.74) is 3.25. The predicted octanol–water partition coefficient (Wildman–Crippen LogP) is 3.76. The van der Waals surface area contributed by atoms with Crippen molar-refractivity contribution in [2.24, 2.45) is 0 Å². The number of benzene rings is 2. The van der Waals surface area contributed by atoms with E-state index in [1.807, 2.05) is 19.1 Å². The van der Waals surface area contributed by atoms with Crippen LogP contribution in [0.4, 0.5) is 20.4 Å². The van der Waals surface area contributed by atoms with Gasteiger partial charge in [-0.1, -0.05) is 6.07 Å². The Kier molecular flexibility index (Phi) is 5.62. The number of rotatable bonds is 5. The molecule has 0 radical (unpaired) electrons. The van der Waals surface area contributed by atoms with Crippen molar-refractivity contribution in [3.05, 3.63) is 65.5 Å². The van der Waals surface area contributed by atoms with E-state index in [0.717, 1.165) is 42.6 Å². The van der Waals surface area contributed by atoms with E-state index in [2.05, 4.69) is 33.3 Å². The van der Waals surface area contributed by atoms with Gasteiger partial charge in [-0.05, 0) is 49.2 Å². The first-order chi connectivity index (χ1) is 15.4. The van der Waals surface area contributed by atoms with Crippen LogP contribution in [0.1, 0.15) is 24.2 Å². The maximum Gasteiger partial charge on any atom is 0.246 e. The van der Waals surface area contributed by atoms with Crippen molar-refractivity contribution < 1.29 is 18.3 Å². The summed E-state index contributed by atoms with van der Waals surface area (Å²) < 4.78 is 39.9. The molecule has 2 saturated heterocycles. The van der Waals surface area contributed by atoms with Gasteiger partial charge >= 0.3 is 0 Å². The number of aromatic nitrogens is 3. The summed E-state index contributed by atoms with van der Waals surface area (Å²) in [5.74, 6) is -1.01. The first-order valence-corrected chi connectivity index (χ1v) is 10.7. The summed E-state index contributed by atoms with van der Waals surface area (Å²) in [5, 5.41) is 7.49. The molecule has 0 amide bonds. The molecule has 32 heavy (non-hydrogen) atoms. The normalized spacial score (nSPS) is 22.0. The number of hydrogen-bond acceptors (Lipinski definition) is 6. The van der Waals surface area contributed by atoms with Gasteiger partial charge in [0.15, 0.2) is 0 Å². The summed E-state index contributed by atoms with van der Waals surface area (Å²) in [6.45, 7) is 7.26. The lowest BCUT2D eigenvalue weighted by atomic mass is 10.0. The second-order valence-corrected chi connectivity index (χ2v) is 8.46. The monoisotopic (exact) mass is 441 g/mol. The SMILES string of the molecule is Cc1cc(Nc2ncn(-c3cc(F)cc(F)c3)n2)cc(C2CN(C3COC3)C(C)CO2)c1. The topological polar surface area (TPSA) is 64.4 Å². The number of anilines is 2. The van der Waals surface area contributed by atoms with Crippen molar-refractivity contribution >= 4 is 11.6 Å². The molecule has 2 fully saturated rings. The summed E-state index contributed by atoms with van der Waals surface area (Å²) in [4.78, 5) is 6.69. The molecular weight excluding hydrogens is 416 g/mol. The van der Waals surface area contributed by atoms with Crippen LogP contribution in [0.25, 0.3) is 5.69 Å². The van der Waals surface area contributed by atoms with E-state index < -0.39 is 11.6 Å². The minimum Gasteiger partial charge on any atom is -0.378 e. The molecule has 3 heterocycles. The zero-order valence-corrected chi connectivity index (χ0v) is 18.0. The molecule has 2 aromatic carbocycles. The van der Waals surface area contributed by atoms with E-state index in [9.17, 15) is 8.78 Å². The number of morpholine rings is 1. The first kappa shape index (κ1) is 21.0. The highest BCUT2D eigenvalue weighted by atomic mass is 19.1. The Bertz CT molecular complexity index is 1100. The van der Waals surface area contributed by atoms with Crippen molar-refractivity contribution in [1.82, 2.24) is 19.7 Å². The van der Waals surface area contributed by atoms with Crippen LogP contribution in [0, 0.1) is 18.6 Å². The van der Waals surface area contributed by atoms with Crippen LogP contribution in [0.15, 0.2) is 42.7 Å². The smallest absolute Gasteiger partial charge is 0.246 e. The highest BCUT2D eigenvalue weighted by molar-refractivity contribution is 5.56. The molecule has 2 atom stereocenters. The number of hydrogen-bond donors (Lipinski definition) is 1. The van der Waals surface area contributed by atoms with E-state index in [1.165, 1.54) is 23.1 Å². The van der Waals surface area contributed by atoms with Gasteiger partial charge in [0.2, 0.25) is 5.95 Å². The fourth-order valence-electron chi connectivity index (χ4n) is 4.22. The summed E-state index contributed by atoms with van der Waals surface area (Å²) in [6, 6.07) is 10.2. The van der Waals surface area contributed by atoms with E-state index in [1.54, 1.807) is 0 Å². The summed E-state index contributed by atoms with van der Waals surface area (Å²) >= 11 is 0. The van der Waals surface area contributed by atoms with Gasteiger partial charge in [-0.15, -0.1) is 5.10 Å². The molecule has 0 saturated carbocycles. The molecule has 0 bridgehead atoms. The molecule has 0 aliphatic carbocycles. The van der Waals surface area contributed by atoms with Gasteiger partial charge in [0.05, 0.1) is 37.7 Å². The Morgan fingerprint density at radius 2 is 1.81 bits per heavy atom. The molecule has 1 N–H and O–H groups in total. The van der Waals surface area contributed by atoms with Crippen LogP contribution in [0.5, 0.6) is 0 Å². The zero-order chi connectivity index (χ0) is 22.2. The lowest BCUT2D eigenvalue weighted by Gasteiger charge is -2.45. The molecule has 1 aromatic heterocycles. The molecule has 2 aliphatic rings. The summed E-state index contributed by atoms with van der Waals surface area (Å²) in [7, 11) is 0. The number of aryl methyl sites for hydroxylation is 1. The van der Waals surface area contributed by atoms with Crippen molar-refractivity contribution in [2.75, 3.05) is 31.7 Å². The van der Waals surface area contributed by atoms with Crippen LogP contribution < -0.4 is 5.32 Å². The molecule has 5 rings (SSSR count). The second kappa shape index (κ2) is 8.57. The fourth-order valence-corrected chi connectivity index (χ4v) is 4.22. The van der Waals surface area contributed by atoms with Crippen molar-refractivity contribution in [1.29, 1.82) is 0 Å². The first-order valence-electron chi connectivity index (χ1n) is 10.7. The van der Waals surface area contributed by atoms with Gasteiger partial charge in [-0.2, -0.15) is 4.98 Å². The van der Waals surface area contributed by atoms with Crippen molar-refractivity contribution in [3.8, 4) is 5.69 Å². The minimum absolute atomic E-state index is 0.0342. The molecule has 9 heteroatoms. The Morgan fingerprint density at radius 3 is 2.53 bits per heavy atom. The molecular formula is C23H25F2N5O2. The minimum atomic E-state index is -0.669. The molecule has 7 nitrogen and oxygen atoms in total. The third kappa shape index (κ3) is 4.36. The van der Waals surface area contributed by atoms with Crippen molar-refractivity contribution in [3.63, 3.8) is 0 Å². The van der Waals surface area contributed by atoms with E-state index in [-0.39, 0.29) is 11.8 Å². The van der Waals surface area contributed by atoms with Gasteiger partial charge in [-0.25, -0.2) is 13.5 Å². The Labute approximate surface area is 185 Å². The van der Waals surface area contributed by atoms with Crippen LogP contribution >= 0.6 is 0 Å². The molecule has 168 valence electrons. The van der Waals surface area contributed by atoms with Crippen LogP contribution in [-0.2, 0) is 9.47 Å². The quantitative estimate of drug-likeness (QED) is 0.651. The predicted molar refractivity (Wildman–Crippen MR) is 115 cm³/mol. The van der Waals surface area contributed by atoms with E-state index in [4.69, 9.17) is 9.47 Å². The molecule has 2 unspecified atom stereocenters. The third-order valence-electron chi connectivity index (χ3n) is 5.90.